The summed E-state index contributed by atoms with van der Waals surface area (Å²) < 4.78 is 32.9. The molecule has 9 nitrogen and oxygen atoms in total. The summed E-state index contributed by atoms with van der Waals surface area (Å²) in [7, 11) is -3.54. The van der Waals surface area contributed by atoms with Crippen LogP contribution in [-0.2, 0) is 21.4 Å². The first-order valence-electron chi connectivity index (χ1n) is 10.9. The van der Waals surface area contributed by atoms with Gasteiger partial charge < -0.3 is 9.73 Å². The van der Waals surface area contributed by atoms with Gasteiger partial charge in [0, 0.05) is 18.8 Å². The summed E-state index contributed by atoms with van der Waals surface area (Å²) in [5.74, 6) is 0.674. The minimum Gasteiger partial charge on any atom is -0.419 e. The van der Waals surface area contributed by atoms with Crippen LogP contribution in [0.15, 0.2) is 51.1 Å². The SMILES string of the molecule is CCCN(CC(=O)Nc1cccc(S(=O)(=O)N2CCCC2)c1)Cc1nnc(-c2cccs2)o1. The molecule has 0 saturated carbocycles. The van der Waals surface area contributed by atoms with Crippen molar-refractivity contribution in [3.63, 3.8) is 0 Å². The van der Waals surface area contributed by atoms with E-state index in [9.17, 15) is 13.2 Å². The molecule has 0 radical (unpaired) electrons. The largest absolute Gasteiger partial charge is 0.419 e. The first kappa shape index (κ1) is 23.6. The molecule has 1 amide bonds. The van der Waals surface area contributed by atoms with Gasteiger partial charge in [0.2, 0.25) is 21.8 Å². The van der Waals surface area contributed by atoms with Crippen molar-refractivity contribution < 1.29 is 17.6 Å². The third kappa shape index (κ3) is 5.85. The lowest BCUT2D eigenvalue weighted by Crippen LogP contribution is -2.33. The fourth-order valence-corrected chi connectivity index (χ4v) is 5.96. The molecule has 11 heteroatoms. The number of carbonyl (C=O) groups excluding carboxylic acids is 1. The molecule has 0 bridgehead atoms. The molecule has 3 heterocycles. The van der Waals surface area contributed by atoms with Gasteiger partial charge in [-0.15, -0.1) is 21.5 Å². The zero-order valence-electron chi connectivity index (χ0n) is 18.4. The van der Waals surface area contributed by atoms with E-state index in [-0.39, 0.29) is 17.3 Å². The van der Waals surface area contributed by atoms with Crippen LogP contribution in [0, 0.1) is 0 Å². The van der Waals surface area contributed by atoms with Crippen LogP contribution in [-0.4, -0.2) is 59.9 Å². The molecule has 176 valence electrons. The number of anilines is 1. The molecule has 0 spiro atoms. The highest BCUT2D eigenvalue weighted by Crippen LogP contribution is 2.24. The molecular formula is C22H27N5O4S2. The number of rotatable bonds is 10. The number of hydrogen-bond acceptors (Lipinski definition) is 8. The molecule has 4 rings (SSSR count). The first-order chi connectivity index (χ1) is 16.0. The molecule has 0 unspecified atom stereocenters. The van der Waals surface area contributed by atoms with E-state index in [0.29, 0.717) is 43.6 Å². The van der Waals surface area contributed by atoms with E-state index in [2.05, 4.69) is 15.5 Å². The number of amides is 1. The standard InChI is InChI=1S/C22H27N5O4S2/c1-2-10-26(16-21-24-25-22(31-21)19-9-6-13-32-19)15-20(28)23-17-7-5-8-18(14-17)33(29,30)27-11-3-4-12-27/h5-9,13-14H,2-4,10-12,15-16H2,1H3,(H,23,28). The molecular weight excluding hydrogens is 462 g/mol. The normalized spacial score (nSPS) is 14.7. The minimum atomic E-state index is -3.54. The average molecular weight is 490 g/mol. The van der Waals surface area contributed by atoms with E-state index in [1.165, 1.54) is 21.7 Å². The van der Waals surface area contributed by atoms with E-state index in [4.69, 9.17) is 4.42 Å². The van der Waals surface area contributed by atoms with Gasteiger partial charge in [0.1, 0.15) is 0 Å². The maximum atomic E-state index is 12.8. The molecule has 0 atom stereocenters. The Hall–Kier alpha value is -2.60. The van der Waals surface area contributed by atoms with Crippen molar-refractivity contribution in [1.82, 2.24) is 19.4 Å². The van der Waals surface area contributed by atoms with Crippen molar-refractivity contribution >= 4 is 33.0 Å². The van der Waals surface area contributed by atoms with Crippen LogP contribution in [0.1, 0.15) is 32.1 Å². The summed E-state index contributed by atoms with van der Waals surface area (Å²) in [6.45, 7) is 4.25. The van der Waals surface area contributed by atoms with Crippen LogP contribution in [0.2, 0.25) is 0 Å². The summed E-state index contributed by atoms with van der Waals surface area (Å²) in [6.07, 6.45) is 2.60. The Bertz CT molecular complexity index is 1170. The van der Waals surface area contributed by atoms with Gasteiger partial charge in [0.05, 0.1) is 22.9 Å². The maximum absolute atomic E-state index is 12.8. The number of benzene rings is 1. The second-order valence-corrected chi connectivity index (χ2v) is 10.8. The Morgan fingerprint density at radius 3 is 2.76 bits per heavy atom. The molecule has 1 aliphatic heterocycles. The quantitative estimate of drug-likeness (QED) is 0.465. The topological polar surface area (TPSA) is 109 Å². The fourth-order valence-electron chi connectivity index (χ4n) is 3.75. The van der Waals surface area contributed by atoms with Gasteiger partial charge in [-0.3, -0.25) is 9.69 Å². The summed E-state index contributed by atoms with van der Waals surface area (Å²) in [5.41, 5.74) is 0.453. The second kappa shape index (κ2) is 10.6. The Morgan fingerprint density at radius 2 is 2.03 bits per heavy atom. The van der Waals surface area contributed by atoms with Crippen LogP contribution in [0.25, 0.3) is 10.8 Å². The predicted molar refractivity (Wildman–Crippen MR) is 126 cm³/mol. The second-order valence-electron chi connectivity index (χ2n) is 7.88. The van der Waals surface area contributed by atoms with E-state index in [1.54, 1.807) is 18.2 Å². The highest BCUT2D eigenvalue weighted by molar-refractivity contribution is 7.89. The van der Waals surface area contributed by atoms with Gasteiger partial charge in [-0.25, -0.2) is 8.42 Å². The summed E-state index contributed by atoms with van der Waals surface area (Å²) in [4.78, 5) is 15.7. The molecule has 3 aromatic rings. The minimum absolute atomic E-state index is 0.119. The Morgan fingerprint density at radius 1 is 1.21 bits per heavy atom. The molecule has 1 aromatic carbocycles. The van der Waals surface area contributed by atoms with Crippen LogP contribution in [0.4, 0.5) is 5.69 Å². The smallest absolute Gasteiger partial charge is 0.257 e. The van der Waals surface area contributed by atoms with Crippen molar-refractivity contribution in [1.29, 1.82) is 0 Å². The number of thiophene rings is 1. The number of hydrogen-bond donors (Lipinski definition) is 1. The maximum Gasteiger partial charge on any atom is 0.257 e. The zero-order chi connectivity index (χ0) is 23.3. The number of sulfonamides is 1. The number of nitrogens with zero attached hydrogens (tertiary/aromatic N) is 4. The third-order valence-electron chi connectivity index (χ3n) is 5.29. The number of carbonyl (C=O) groups is 1. The van der Waals surface area contributed by atoms with Crippen molar-refractivity contribution in [2.24, 2.45) is 0 Å². The molecule has 33 heavy (non-hydrogen) atoms. The van der Waals surface area contributed by atoms with Gasteiger partial charge in [0.15, 0.2) is 0 Å². The average Bonchev–Trinajstić information content (AvgIpc) is 3.56. The van der Waals surface area contributed by atoms with E-state index >= 15 is 0 Å². The van der Waals surface area contributed by atoms with Crippen LogP contribution >= 0.6 is 11.3 Å². The lowest BCUT2D eigenvalue weighted by molar-refractivity contribution is -0.117. The van der Waals surface area contributed by atoms with Crippen LogP contribution < -0.4 is 5.32 Å². The number of aromatic nitrogens is 2. The Balaban J connectivity index is 1.39. The van der Waals surface area contributed by atoms with Crippen LogP contribution in [0.3, 0.4) is 0 Å². The highest BCUT2D eigenvalue weighted by atomic mass is 32.2. The molecule has 1 fully saturated rings. The number of nitrogens with one attached hydrogen (secondary N) is 1. The van der Waals surface area contributed by atoms with Gasteiger partial charge >= 0.3 is 0 Å². The van der Waals surface area contributed by atoms with E-state index in [0.717, 1.165) is 24.1 Å². The molecule has 2 aromatic heterocycles. The van der Waals surface area contributed by atoms with Crippen molar-refractivity contribution in [2.45, 2.75) is 37.6 Å². The van der Waals surface area contributed by atoms with Gasteiger partial charge in [0.25, 0.3) is 5.89 Å². The zero-order valence-corrected chi connectivity index (χ0v) is 20.1. The van der Waals surface area contributed by atoms with Crippen molar-refractivity contribution in [3.05, 3.63) is 47.7 Å². The molecule has 1 saturated heterocycles. The van der Waals surface area contributed by atoms with Gasteiger partial charge in [-0.2, -0.15) is 4.31 Å². The van der Waals surface area contributed by atoms with E-state index < -0.39 is 10.0 Å². The predicted octanol–water partition coefficient (Wildman–Crippen LogP) is 3.43. The first-order valence-corrected chi connectivity index (χ1v) is 13.3. The van der Waals surface area contributed by atoms with Crippen molar-refractivity contribution in [3.8, 4) is 10.8 Å². The fraction of sp³-hybridized carbons (Fsp3) is 0.409. The monoisotopic (exact) mass is 489 g/mol. The summed E-state index contributed by atoms with van der Waals surface area (Å²) in [6, 6.07) is 10.2. The molecule has 0 aliphatic carbocycles. The lowest BCUT2D eigenvalue weighted by Gasteiger charge is -2.19. The molecule has 1 N–H and O–H groups in total. The summed E-state index contributed by atoms with van der Waals surface area (Å²) in [5, 5.41) is 13.0. The van der Waals surface area contributed by atoms with Gasteiger partial charge in [-0.1, -0.05) is 19.1 Å². The summed E-state index contributed by atoms with van der Waals surface area (Å²) >= 11 is 1.52. The third-order valence-corrected chi connectivity index (χ3v) is 8.04. The lowest BCUT2D eigenvalue weighted by atomic mass is 10.3. The van der Waals surface area contributed by atoms with Gasteiger partial charge in [-0.05, 0) is 55.5 Å². The highest BCUT2D eigenvalue weighted by Gasteiger charge is 2.27. The van der Waals surface area contributed by atoms with Crippen molar-refractivity contribution in [2.75, 3.05) is 31.5 Å². The Kier molecular flexibility index (Phi) is 7.53. The Labute approximate surface area is 197 Å². The molecule has 1 aliphatic rings. The van der Waals surface area contributed by atoms with Crippen LogP contribution in [0.5, 0.6) is 0 Å². The van der Waals surface area contributed by atoms with E-state index in [1.807, 2.05) is 29.3 Å².